The lowest BCUT2D eigenvalue weighted by atomic mass is 9.96. The summed E-state index contributed by atoms with van der Waals surface area (Å²) < 4.78 is 5.67. The first-order valence-corrected chi connectivity index (χ1v) is 6.34. The summed E-state index contributed by atoms with van der Waals surface area (Å²) in [5.41, 5.74) is 8.97. The van der Waals surface area contributed by atoms with Crippen molar-refractivity contribution >= 4 is 5.82 Å². The quantitative estimate of drug-likeness (QED) is 0.912. The summed E-state index contributed by atoms with van der Waals surface area (Å²) >= 11 is 0. The number of nitrogens with two attached hydrogens (primary N) is 1. The second-order valence-corrected chi connectivity index (χ2v) is 4.58. The lowest BCUT2D eigenvalue weighted by Gasteiger charge is -2.13. The van der Waals surface area contributed by atoms with Gasteiger partial charge >= 0.3 is 0 Å². The van der Waals surface area contributed by atoms with Crippen LogP contribution in [0.2, 0.25) is 0 Å². The van der Waals surface area contributed by atoms with Gasteiger partial charge in [0.15, 0.2) is 0 Å². The molecule has 0 aliphatic rings. The fourth-order valence-electron chi connectivity index (χ4n) is 2.27. The molecule has 4 nitrogen and oxygen atoms in total. The van der Waals surface area contributed by atoms with Gasteiger partial charge in [-0.1, -0.05) is 13.3 Å². The van der Waals surface area contributed by atoms with Crippen LogP contribution in [0, 0.1) is 25.2 Å². The molecule has 0 spiro atoms. The molecule has 2 rings (SSSR count). The van der Waals surface area contributed by atoms with Gasteiger partial charge in [-0.3, -0.25) is 0 Å². The molecule has 0 aliphatic heterocycles. The molecule has 2 aromatic rings. The molecular weight excluding hydrogens is 238 g/mol. The zero-order valence-electron chi connectivity index (χ0n) is 11.4. The molecule has 19 heavy (non-hydrogen) atoms. The number of anilines is 1. The van der Waals surface area contributed by atoms with Crippen molar-refractivity contribution in [3.05, 3.63) is 34.7 Å². The summed E-state index contributed by atoms with van der Waals surface area (Å²) in [6.07, 6.45) is 1.83. The van der Waals surface area contributed by atoms with E-state index in [2.05, 4.69) is 18.0 Å². The van der Waals surface area contributed by atoms with Crippen LogP contribution < -0.4 is 5.73 Å². The Morgan fingerprint density at radius 3 is 2.63 bits per heavy atom. The summed E-state index contributed by atoms with van der Waals surface area (Å²) in [6.45, 7) is 5.90. The minimum Gasteiger partial charge on any atom is -0.461 e. The molecule has 2 heterocycles. The highest BCUT2D eigenvalue weighted by atomic mass is 16.3. The van der Waals surface area contributed by atoms with Crippen molar-refractivity contribution in [2.24, 2.45) is 0 Å². The number of rotatable bonds is 3. The Labute approximate surface area is 112 Å². The number of aryl methyl sites for hydroxylation is 2. The highest BCUT2D eigenvalue weighted by Gasteiger charge is 2.19. The van der Waals surface area contributed by atoms with Gasteiger partial charge in [0.1, 0.15) is 29.0 Å². The molecule has 2 N–H and O–H groups in total. The normalized spacial score (nSPS) is 10.4. The van der Waals surface area contributed by atoms with E-state index in [0.717, 1.165) is 35.4 Å². The van der Waals surface area contributed by atoms with Crippen LogP contribution in [0.1, 0.15) is 35.9 Å². The molecule has 4 heteroatoms. The van der Waals surface area contributed by atoms with E-state index in [1.807, 2.05) is 26.0 Å². The van der Waals surface area contributed by atoms with Gasteiger partial charge in [0.25, 0.3) is 0 Å². The van der Waals surface area contributed by atoms with E-state index in [1.165, 1.54) is 0 Å². The van der Waals surface area contributed by atoms with E-state index >= 15 is 0 Å². The maximum atomic E-state index is 9.34. The topological polar surface area (TPSA) is 75.8 Å². The molecule has 98 valence electrons. The molecule has 0 unspecified atom stereocenters. The Kier molecular flexibility index (Phi) is 3.57. The SMILES string of the molecule is CCCc1c(C)nc(N)c(C#N)c1-c1ccc(C)o1. The lowest BCUT2D eigenvalue weighted by Crippen LogP contribution is -2.05. The molecule has 0 radical (unpaired) electrons. The molecule has 2 aromatic heterocycles. The standard InChI is InChI=1S/C15H17N3O/c1-4-5-11-10(3)18-15(17)12(8-16)14(11)13-7-6-9(2)19-13/h6-7H,4-5H2,1-3H3,(H2,17,18). The van der Waals surface area contributed by atoms with Gasteiger partial charge in [0, 0.05) is 11.3 Å². The first-order valence-electron chi connectivity index (χ1n) is 6.34. The van der Waals surface area contributed by atoms with Crippen molar-refractivity contribution in [1.29, 1.82) is 5.26 Å². The first kappa shape index (κ1) is 13.2. The highest BCUT2D eigenvalue weighted by molar-refractivity contribution is 5.76. The van der Waals surface area contributed by atoms with Gasteiger partial charge in [0.05, 0.1) is 0 Å². The summed E-state index contributed by atoms with van der Waals surface area (Å²) in [5, 5.41) is 9.34. The number of furan rings is 1. The van der Waals surface area contributed by atoms with E-state index in [-0.39, 0.29) is 5.82 Å². The Morgan fingerprint density at radius 1 is 1.37 bits per heavy atom. The molecule has 0 amide bonds. The lowest BCUT2D eigenvalue weighted by molar-refractivity contribution is 0.547. The third kappa shape index (κ3) is 2.32. The second kappa shape index (κ2) is 5.15. The summed E-state index contributed by atoms with van der Waals surface area (Å²) in [6, 6.07) is 5.92. The Hall–Kier alpha value is -2.28. The van der Waals surface area contributed by atoms with Crippen molar-refractivity contribution in [1.82, 2.24) is 4.98 Å². The first-order chi connectivity index (χ1) is 9.08. The summed E-state index contributed by atoms with van der Waals surface area (Å²) in [4.78, 5) is 4.27. The van der Waals surface area contributed by atoms with E-state index in [4.69, 9.17) is 10.2 Å². The highest BCUT2D eigenvalue weighted by Crippen LogP contribution is 2.33. The zero-order chi connectivity index (χ0) is 14.0. The van der Waals surface area contributed by atoms with E-state index in [1.54, 1.807) is 0 Å². The van der Waals surface area contributed by atoms with Crippen LogP contribution in [-0.4, -0.2) is 4.98 Å². The van der Waals surface area contributed by atoms with E-state index in [9.17, 15) is 5.26 Å². The van der Waals surface area contributed by atoms with E-state index in [0.29, 0.717) is 11.3 Å². The average molecular weight is 255 g/mol. The van der Waals surface area contributed by atoms with Crippen molar-refractivity contribution in [3.63, 3.8) is 0 Å². The van der Waals surface area contributed by atoms with Gasteiger partial charge in [-0.05, 0) is 38.0 Å². The molecule has 0 saturated heterocycles. The van der Waals surface area contributed by atoms with Crippen molar-refractivity contribution in [2.75, 3.05) is 5.73 Å². The van der Waals surface area contributed by atoms with Crippen LogP contribution in [0.4, 0.5) is 5.82 Å². The molecule has 0 aliphatic carbocycles. The van der Waals surface area contributed by atoms with E-state index < -0.39 is 0 Å². The van der Waals surface area contributed by atoms with Gasteiger partial charge < -0.3 is 10.2 Å². The van der Waals surface area contributed by atoms with Gasteiger partial charge in [0.2, 0.25) is 0 Å². The smallest absolute Gasteiger partial charge is 0.142 e. The van der Waals surface area contributed by atoms with Crippen LogP contribution >= 0.6 is 0 Å². The summed E-state index contributed by atoms with van der Waals surface area (Å²) in [5.74, 6) is 1.77. The fraction of sp³-hybridized carbons (Fsp3) is 0.333. The predicted molar refractivity (Wildman–Crippen MR) is 74.5 cm³/mol. The molecular formula is C15H17N3O. The molecule has 0 fully saturated rings. The number of nitrogens with zero attached hydrogens (tertiary/aromatic N) is 2. The third-order valence-electron chi connectivity index (χ3n) is 3.13. The zero-order valence-corrected chi connectivity index (χ0v) is 11.4. The van der Waals surface area contributed by atoms with Gasteiger partial charge in [-0.15, -0.1) is 0 Å². The molecule has 0 saturated carbocycles. The van der Waals surface area contributed by atoms with Crippen molar-refractivity contribution in [3.8, 4) is 17.4 Å². The number of pyridine rings is 1. The Bertz CT molecular complexity index is 650. The maximum Gasteiger partial charge on any atom is 0.142 e. The predicted octanol–water partition coefficient (Wildman–Crippen LogP) is 3.36. The number of hydrogen-bond donors (Lipinski definition) is 1. The van der Waals surface area contributed by atoms with Gasteiger partial charge in [-0.25, -0.2) is 4.98 Å². The average Bonchev–Trinajstić information content (AvgIpc) is 2.78. The Balaban J connectivity index is 2.77. The monoisotopic (exact) mass is 255 g/mol. The maximum absolute atomic E-state index is 9.34. The number of aromatic nitrogens is 1. The van der Waals surface area contributed by atoms with Crippen LogP contribution in [0.15, 0.2) is 16.5 Å². The Morgan fingerprint density at radius 2 is 2.11 bits per heavy atom. The van der Waals surface area contributed by atoms with Gasteiger partial charge in [-0.2, -0.15) is 5.26 Å². The van der Waals surface area contributed by atoms with Crippen LogP contribution in [-0.2, 0) is 6.42 Å². The molecule has 0 bridgehead atoms. The molecule has 0 atom stereocenters. The van der Waals surface area contributed by atoms with Crippen LogP contribution in [0.5, 0.6) is 0 Å². The molecule has 0 aromatic carbocycles. The minimum absolute atomic E-state index is 0.268. The number of hydrogen-bond acceptors (Lipinski definition) is 4. The number of nitrogen functional groups attached to an aromatic ring is 1. The summed E-state index contributed by atoms with van der Waals surface area (Å²) in [7, 11) is 0. The van der Waals surface area contributed by atoms with Crippen LogP contribution in [0.25, 0.3) is 11.3 Å². The minimum atomic E-state index is 0.268. The third-order valence-corrected chi connectivity index (χ3v) is 3.13. The van der Waals surface area contributed by atoms with Crippen molar-refractivity contribution < 1.29 is 4.42 Å². The number of nitriles is 1. The van der Waals surface area contributed by atoms with Crippen molar-refractivity contribution in [2.45, 2.75) is 33.6 Å². The second-order valence-electron chi connectivity index (χ2n) is 4.58. The largest absolute Gasteiger partial charge is 0.461 e. The van der Waals surface area contributed by atoms with Crippen LogP contribution in [0.3, 0.4) is 0 Å². The fourth-order valence-corrected chi connectivity index (χ4v) is 2.27.